The van der Waals surface area contributed by atoms with Gasteiger partial charge in [0.2, 0.25) is 0 Å². The number of thiophene rings is 1. The van der Waals surface area contributed by atoms with E-state index in [-0.39, 0.29) is 9.87 Å². The van der Waals surface area contributed by atoms with Crippen molar-refractivity contribution >= 4 is 28.5 Å². The van der Waals surface area contributed by atoms with E-state index in [1.54, 1.807) is 5.38 Å². The van der Waals surface area contributed by atoms with Crippen LogP contribution in [0, 0.1) is 0 Å². The standard InChI is InChI=1S/C6H5F2NS2/c7-5(8)4-3(6(9)10)1-2-11-4/h1-2,5H,(H2,9,10). The average molecular weight is 193 g/mol. The van der Waals surface area contributed by atoms with E-state index in [1.807, 2.05) is 0 Å². The first kappa shape index (κ1) is 8.55. The predicted molar refractivity (Wildman–Crippen MR) is 45.2 cm³/mol. The summed E-state index contributed by atoms with van der Waals surface area (Å²) in [6, 6.07) is 1.51. The van der Waals surface area contributed by atoms with E-state index in [1.165, 1.54) is 6.07 Å². The Bertz CT molecular complexity index is 269. The maximum Gasteiger partial charge on any atom is 0.273 e. The number of hydrogen-bond donors (Lipinski definition) is 1. The lowest BCUT2D eigenvalue weighted by Crippen LogP contribution is -2.10. The molecule has 1 aromatic rings. The van der Waals surface area contributed by atoms with Crippen molar-refractivity contribution in [2.24, 2.45) is 5.73 Å². The number of hydrogen-bond acceptors (Lipinski definition) is 2. The number of thiocarbonyl (C=S) groups is 1. The van der Waals surface area contributed by atoms with Gasteiger partial charge in [-0.05, 0) is 11.4 Å². The van der Waals surface area contributed by atoms with Crippen LogP contribution in [0.3, 0.4) is 0 Å². The summed E-state index contributed by atoms with van der Waals surface area (Å²) in [5.74, 6) is 0. The zero-order valence-corrected chi connectivity index (χ0v) is 7.01. The first-order valence-corrected chi connectivity index (χ1v) is 4.07. The van der Waals surface area contributed by atoms with Crippen molar-refractivity contribution in [2.45, 2.75) is 6.43 Å². The number of alkyl halides is 2. The van der Waals surface area contributed by atoms with Crippen LogP contribution in [-0.2, 0) is 0 Å². The van der Waals surface area contributed by atoms with Crippen molar-refractivity contribution in [2.75, 3.05) is 0 Å². The Morgan fingerprint density at radius 1 is 1.64 bits per heavy atom. The van der Waals surface area contributed by atoms with E-state index in [0.29, 0.717) is 5.56 Å². The van der Waals surface area contributed by atoms with Gasteiger partial charge in [0.05, 0.1) is 4.88 Å². The van der Waals surface area contributed by atoms with Gasteiger partial charge >= 0.3 is 0 Å². The summed E-state index contributed by atoms with van der Waals surface area (Å²) < 4.78 is 24.2. The maximum atomic E-state index is 12.1. The van der Waals surface area contributed by atoms with Crippen LogP contribution >= 0.6 is 23.6 Å². The van der Waals surface area contributed by atoms with Gasteiger partial charge < -0.3 is 5.73 Å². The van der Waals surface area contributed by atoms with Gasteiger partial charge in [0, 0.05) is 5.56 Å². The lowest BCUT2D eigenvalue weighted by Gasteiger charge is -1.98. The SMILES string of the molecule is NC(=S)c1ccsc1C(F)F. The van der Waals surface area contributed by atoms with Crippen LogP contribution in [0.15, 0.2) is 11.4 Å². The fourth-order valence-corrected chi connectivity index (χ4v) is 1.69. The molecule has 2 N–H and O–H groups in total. The zero-order valence-electron chi connectivity index (χ0n) is 5.38. The normalized spacial score (nSPS) is 10.5. The quantitative estimate of drug-likeness (QED) is 0.729. The van der Waals surface area contributed by atoms with Crippen LogP contribution in [0.25, 0.3) is 0 Å². The lowest BCUT2D eigenvalue weighted by atomic mass is 10.2. The Balaban J connectivity index is 3.06. The molecule has 0 amide bonds. The summed E-state index contributed by atoms with van der Waals surface area (Å²) in [6.45, 7) is 0. The highest BCUT2D eigenvalue weighted by atomic mass is 32.1. The minimum Gasteiger partial charge on any atom is -0.389 e. The second-order valence-electron chi connectivity index (χ2n) is 1.86. The van der Waals surface area contributed by atoms with Crippen LogP contribution in [0.5, 0.6) is 0 Å². The molecule has 0 bridgehead atoms. The van der Waals surface area contributed by atoms with Crippen LogP contribution < -0.4 is 5.73 Å². The second-order valence-corrected chi connectivity index (χ2v) is 3.25. The molecule has 0 fully saturated rings. The molecule has 0 spiro atoms. The molecule has 0 atom stereocenters. The van der Waals surface area contributed by atoms with Gasteiger partial charge in [0.25, 0.3) is 6.43 Å². The van der Waals surface area contributed by atoms with Crippen molar-refractivity contribution in [1.82, 2.24) is 0 Å². The van der Waals surface area contributed by atoms with Gasteiger partial charge in [-0.3, -0.25) is 0 Å². The summed E-state index contributed by atoms with van der Waals surface area (Å²) in [6.07, 6.45) is -2.48. The molecule has 0 aliphatic rings. The van der Waals surface area contributed by atoms with Crippen molar-refractivity contribution in [3.63, 3.8) is 0 Å². The minimum atomic E-state index is -2.48. The summed E-state index contributed by atoms with van der Waals surface area (Å²) in [4.78, 5) is -0.0148. The van der Waals surface area contributed by atoms with E-state index in [0.717, 1.165) is 11.3 Å². The monoisotopic (exact) mass is 193 g/mol. The summed E-state index contributed by atoms with van der Waals surface area (Å²) in [7, 11) is 0. The number of rotatable bonds is 2. The lowest BCUT2D eigenvalue weighted by molar-refractivity contribution is 0.155. The molecule has 1 aromatic heterocycles. The van der Waals surface area contributed by atoms with Gasteiger partial charge in [-0.1, -0.05) is 12.2 Å². The van der Waals surface area contributed by atoms with Gasteiger partial charge in [-0.15, -0.1) is 11.3 Å². The molecule has 0 radical (unpaired) electrons. The maximum absolute atomic E-state index is 12.1. The van der Waals surface area contributed by atoms with Crippen LogP contribution in [0.1, 0.15) is 16.9 Å². The largest absolute Gasteiger partial charge is 0.389 e. The fourth-order valence-electron chi connectivity index (χ4n) is 0.694. The van der Waals surface area contributed by atoms with Crippen molar-refractivity contribution in [3.05, 3.63) is 21.9 Å². The highest BCUT2D eigenvalue weighted by Crippen LogP contribution is 2.27. The Labute approximate surface area is 71.8 Å². The third kappa shape index (κ3) is 1.72. The van der Waals surface area contributed by atoms with Crippen LogP contribution in [0.4, 0.5) is 8.78 Å². The van der Waals surface area contributed by atoms with Gasteiger partial charge in [-0.2, -0.15) is 0 Å². The molecule has 1 rings (SSSR count). The average Bonchev–Trinajstić information content (AvgIpc) is 2.32. The molecule has 11 heavy (non-hydrogen) atoms. The molecule has 1 heterocycles. The van der Waals surface area contributed by atoms with Gasteiger partial charge in [0.1, 0.15) is 4.99 Å². The third-order valence-corrected chi connectivity index (χ3v) is 2.30. The molecule has 1 nitrogen and oxygen atoms in total. The Morgan fingerprint density at radius 2 is 2.27 bits per heavy atom. The van der Waals surface area contributed by atoms with Crippen LogP contribution in [0.2, 0.25) is 0 Å². The van der Waals surface area contributed by atoms with E-state index in [2.05, 4.69) is 12.2 Å². The molecule has 5 heteroatoms. The Hall–Kier alpha value is -0.550. The van der Waals surface area contributed by atoms with Gasteiger partial charge in [0.15, 0.2) is 0 Å². The number of halogens is 2. The molecule has 0 aromatic carbocycles. The van der Waals surface area contributed by atoms with E-state index in [4.69, 9.17) is 5.73 Å². The highest BCUT2D eigenvalue weighted by molar-refractivity contribution is 7.80. The zero-order chi connectivity index (χ0) is 8.43. The fraction of sp³-hybridized carbons (Fsp3) is 0.167. The smallest absolute Gasteiger partial charge is 0.273 e. The summed E-state index contributed by atoms with van der Waals surface area (Å²) in [5.41, 5.74) is 5.49. The molecule has 0 unspecified atom stereocenters. The highest BCUT2D eigenvalue weighted by Gasteiger charge is 2.15. The van der Waals surface area contributed by atoms with Crippen LogP contribution in [-0.4, -0.2) is 4.99 Å². The molecular formula is C6H5F2NS2. The topological polar surface area (TPSA) is 26.0 Å². The second kappa shape index (κ2) is 3.23. The summed E-state index contributed by atoms with van der Waals surface area (Å²) >= 11 is 5.54. The predicted octanol–water partition coefficient (Wildman–Crippen LogP) is 2.32. The van der Waals surface area contributed by atoms with E-state index in [9.17, 15) is 8.78 Å². The van der Waals surface area contributed by atoms with E-state index < -0.39 is 6.43 Å². The minimum absolute atomic E-state index is 0.0292. The molecule has 0 saturated heterocycles. The molecular weight excluding hydrogens is 188 g/mol. The Morgan fingerprint density at radius 3 is 2.64 bits per heavy atom. The van der Waals surface area contributed by atoms with Crippen molar-refractivity contribution in [1.29, 1.82) is 0 Å². The van der Waals surface area contributed by atoms with E-state index >= 15 is 0 Å². The molecule has 0 aliphatic carbocycles. The third-order valence-electron chi connectivity index (χ3n) is 1.16. The van der Waals surface area contributed by atoms with Gasteiger partial charge in [-0.25, -0.2) is 8.78 Å². The Kier molecular flexibility index (Phi) is 2.51. The first-order valence-electron chi connectivity index (χ1n) is 2.78. The molecule has 60 valence electrons. The van der Waals surface area contributed by atoms with Crippen molar-refractivity contribution < 1.29 is 8.78 Å². The summed E-state index contributed by atoms with van der Waals surface area (Å²) in [5, 5.41) is 1.55. The van der Waals surface area contributed by atoms with Crippen molar-refractivity contribution in [3.8, 4) is 0 Å². The molecule has 0 aliphatic heterocycles. The number of nitrogens with two attached hydrogens (primary N) is 1. The first-order chi connectivity index (χ1) is 5.13. The molecule has 0 saturated carbocycles.